The predicted octanol–water partition coefficient (Wildman–Crippen LogP) is 1.39. The summed E-state index contributed by atoms with van der Waals surface area (Å²) >= 11 is 0. The molecule has 2 heterocycles. The van der Waals surface area contributed by atoms with Gasteiger partial charge in [0, 0.05) is 30.9 Å². The number of rotatable bonds is 2. The quantitative estimate of drug-likeness (QED) is 0.803. The zero-order chi connectivity index (χ0) is 10.3. The van der Waals surface area contributed by atoms with Gasteiger partial charge in [-0.1, -0.05) is 12.1 Å². The van der Waals surface area contributed by atoms with E-state index in [4.69, 9.17) is 0 Å². The summed E-state index contributed by atoms with van der Waals surface area (Å²) in [5, 5.41) is 8.31. The Morgan fingerprint density at radius 1 is 1.47 bits per heavy atom. The molecular weight excluding hydrogens is 193 g/mol. The largest absolute Gasteiger partial charge is 0.316 e. The molecule has 0 unspecified atom stereocenters. The van der Waals surface area contributed by atoms with Gasteiger partial charge in [0.1, 0.15) is 11.3 Å². The lowest BCUT2D eigenvalue weighted by Gasteiger charge is -2.27. The predicted molar refractivity (Wildman–Crippen MR) is 56.1 cm³/mol. The fourth-order valence-corrected chi connectivity index (χ4v) is 1.96. The average molecular weight is 205 g/mol. The van der Waals surface area contributed by atoms with E-state index >= 15 is 0 Å². The Labute approximate surface area is 86.9 Å². The molecule has 0 amide bonds. The Hall–Kier alpha value is -1.42. The van der Waals surface area contributed by atoms with E-state index in [2.05, 4.69) is 10.4 Å². The highest BCUT2D eigenvalue weighted by atomic mass is 19.1. The van der Waals surface area contributed by atoms with Crippen LogP contribution in [0.1, 0.15) is 0 Å². The van der Waals surface area contributed by atoms with E-state index in [0.29, 0.717) is 11.4 Å². The summed E-state index contributed by atoms with van der Waals surface area (Å²) < 4.78 is 15.3. The summed E-state index contributed by atoms with van der Waals surface area (Å²) in [7, 11) is 0. The van der Waals surface area contributed by atoms with E-state index in [1.807, 2.05) is 6.07 Å². The van der Waals surface area contributed by atoms with Gasteiger partial charge in [-0.25, -0.2) is 4.39 Å². The molecule has 0 spiro atoms. The van der Waals surface area contributed by atoms with Gasteiger partial charge in [0.05, 0.1) is 6.20 Å². The number of fused-ring (bicyclic) bond motifs is 1. The first-order chi connectivity index (χ1) is 7.34. The van der Waals surface area contributed by atoms with E-state index in [1.165, 1.54) is 6.07 Å². The second kappa shape index (κ2) is 3.31. The lowest BCUT2D eigenvalue weighted by molar-refractivity contribution is 0.298. The van der Waals surface area contributed by atoms with Crippen LogP contribution in [0, 0.1) is 11.7 Å². The van der Waals surface area contributed by atoms with E-state index in [-0.39, 0.29) is 5.82 Å². The maximum atomic E-state index is 13.6. The first-order valence-electron chi connectivity index (χ1n) is 5.15. The molecule has 3 nitrogen and oxygen atoms in total. The topological polar surface area (TPSA) is 29.9 Å². The van der Waals surface area contributed by atoms with Gasteiger partial charge < -0.3 is 5.32 Å². The van der Waals surface area contributed by atoms with Crippen molar-refractivity contribution in [3.8, 4) is 0 Å². The van der Waals surface area contributed by atoms with Crippen LogP contribution in [0.3, 0.4) is 0 Å². The van der Waals surface area contributed by atoms with Crippen molar-refractivity contribution in [2.45, 2.75) is 6.54 Å². The molecule has 0 atom stereocenters. The normalized spacial score (nSPS) is 16.9. The Morgan fingerprint density at radius 2 is 2.33 bits per heavy atom. The number of halogens is 1. The van der Waals surface area contributed by atoms with Crippen molar-refractivity contribution < 1.29 is 4.39 Å². The van der Waals surface area contributed by atoms with Crippen LogP contribution in [-0.4, -0.2) is 22.9 Å². The fraction of sp³-hybridized carbons (Fsp3) is 0.364. The molecule has 15 heavy (non-hydrogen) atoms. The molecule has 1 aliphatic heterocycles. The molecule has 0 radical (unpaired) electrons. The standard InChI is InChI=1S/C11H12FN3/c12-10-3-1-2-9-6-14-15(11(9)10)7-8-4-13-5-8/h1-3,6,8,13H,4-5,7H2. The fourth-order valence-electron chi connectivity index (χ4n) is 1.96. The van der Waals surface area contributed by atoms with Crippen LogP contribution in [0.4, 0.5) is 4.39 Å². The number of aromatic nitrogens is 2. The number of para-hydroxylation sites is 1. The number of benzene rings is 1. The molecule has 1 aromatic heterocycles. The first-order valence-corrected chi connectivity index (χ1v) is 5.15. The van der Waals surface area contributed by atoms with Gasteiger partial charge in [-0.3, -0.25) is 4.68 Å². The van der Waals surface area contributed by atoms with Crippen molar-refractivity contribution in [3.63, 3.8) is 0 Å². The highest BCUT2D eigenvalue weighted by Gasteiger charge is 2.19. The third kappa shape index (κ3) is 1.41. The molecule has 0 bridgehead atoms. The van der Waals surface area contributed by atoms with Gasteiger partial charge in [-0.05, 0) is 6.07 Å². The third-order valence-electron chi connectivity index (χ3n) is 2.91. The van der Waals surface area contributed by atoms with Crippen LogP contribution in [0.15, 0.2) is 24.4 Å². The number of nitrogens with zero attached hydrogens (tertiary/aromatic N) is 2. The van der Waals surface area contributed by atoms with Gasteiger partial charge in [0.25, 0.3) is 0 Å². The molecular formula is C11H12FN3. The second-order valence-electron chi connectivity index (χ2n) is 4.03. The summed E-state index contributed by atoms with van der Waals surface area (Å²) in [6, 6.07) is 5.09. The highest BCUT2D eigenvalue weighted by molar-refractivity contribution is 5.79. The highest BCUT2D eigenvalue weighted by Crippen LogP contribution is 2.19. The van der Waals surface area contributed by atoms with Crippen molar-refractivity contribution in [3.05, 3.63) is 30.2 Å². The van der Waals surface area contributed by atoms with Crippen LogP contribution in [0.25, 0.3) is 10.9 Å². The first kappa shape index (κ1) is 8.85. The maximum Gasteiger partial charge on any atom is 0.149 e. The van der Waals surface area contributed by atoms with E-state index < -0.39 is 0 Å². The van der Waals surface area contributed by atoms with E-state index in [0.717, 1.165) is 25.0 Å². The summed E-state index contributed by atoms with van der Waals surface area (Å²) in [5.41, 5.74) is 0.629. The minimum Gasteiger partial charge on any atom is -0.316 e. The minimum atomic E-state index is -0.183. The lowest BCUT2D eigenvalue weighted by Crippen LogP contribution is -2.44. The van der Waals surface area contributed by atoms with Gasteiger partial charge >= 0.3 is 0 Å². The number of hydrogen-bond acceptors (Lipinski definition) is 2. The molecule has 4 heteroatoms. The zero-order valence-corrected chi connectivity index (χ0v) is 8.28. The SMILES string of the molecule is Fc1cccc2cnn(CC3CNC3)c12. The molecule has 1 saturated heterocycles. The van der Waals surface area contributed by atoms with Crippen LogP contribution in [0.5, 0.6) is 0 Å². The Bertz CT molecular complexity index is 488. The molecule has 1 aromatic carbocycles. The molecule has 3 rings (SSSR count). The molecule has 78 valence electrons. The summed E-state index contributed by atoms with van der Waals surface area (Å²) in [6.45, 7) is 2.82. The van der Waals surface area contributed by atoms with Crippen LogP contribution in [0.2, 0.25) is 0 Å². The van der Waals surface area contributed by atoms with Crippen molar-refractivity contribution >= 4 is 10.9 Å². The lowest BCUT2D eigenvalue weighted by atomic mass is 10.0. The van der Waals surface area contributed by atoms with Gasteiger partial charge in [-0.2, -0.15) is 5.10 Å². The van der Waals surface area contributed by atoms with Crippen LogP contribution in [-0.2, 0) is 6.54 Å². The van der Waals surface area contributed by atoms with Crippen molar-refractivity contribution in [2.24, 2.45) is 5.92 Å². The maximum absolute atomic E-state index is 13.6. The number of nitrogens with one attached hydrogen (secondary N) is 1. The van der Waals surface area contributed by atoms with Crippen molar-refractivity contribution in [1.29, 1.82) is 0 Å². The van der Waals surface area contributed by atoms with E-state index in [9.17, 15) is 4.39 Å². The Balaban J connectivity index is 2.02. The van der Waals surface area contributed by atoms with Crippen molar-refractivity contribution in [1.82, 2.24) is 15.1 Å². The smallest absolute Gasteiger partial charge is 0.149 e. The molecule has 1 N–H and O–H groups in total. The summed E-state index contributed by atoms with van der Waals surface area (Å²) in [5.74, 6) is 0.407. The Morgan fingerprint density at radius 3 is 3.07 bits per heavy atom. The number of hydrogen-bond donors (Lipinski definition) is 1. The monoisotopic (exact) mass is 205 g/mol. The second-order valence-corrected chi connectivity index (χ2v) is 4.03. The average Bonchev–Trinajstić information content (AvgIpc) is 2.56. The minimum absolute atomic E-state index is 0.183. The third-order valence-corrected chi connectivity index (χ3v) is 2.91. The van der Waals surface area contributed by atoms with E-state index in [1.54, 1.807) is 16.9 Å². The zero-order valence-electron chi connectivity index (χ0n) is 8.28. The van der Waals surface area contributed by atoms with Crippen LogP contribution < -0.4 is 5.32 Å². The Kier molecular flexibility index (Phi) is 1.95. The molecule has 1 aliphatic rings. The van der Waals surface area contributed by atoms with Gasteiger partial charge in [-0.15, -0.1) is 0 Å². The van der Waals surface area contributed by atoms with Crippen molar-refractivity contribution in [2.75, 3.05) is 13.1 Å². The van der Waals surface area contributed by atoms with Gasteiger partial charge in [0.2, 0.25) is 0 Å². The molecule has 0 saturated carbocycles. The molecule has 0 aliphatic carbocycles. The molecule has 2 aromatic rings. The van der Waals surface area contributed by atoms with Gasteiger partial charge in [0.15, 0.2) is 0 Å². The van der Waals surface area contributed by atoms with Crippen LogP contribution >= 0.6 is 0 Å². The summed E-state index contributed by atoms with van der Waals surface area (Å²) in [4.78, 5) is 0. The molecule has 1 fully saturated rings. The summed E-state index contributed by atoms with van der Waals surface area (Å²) in [6.07, 6.45) is 1.73.